The minimum Gasteiger partial charge on any atom is -0.455 e. The largest absolute Gasteiger partial charge is 0.455 e. The maximum Gasteiger partial charge on any atom is 0.164 e. The van der Waals surface area contributed by atoms with E-state index in [1.165, 1.54) is 16.2 Å². The summed E-state index contributed by atoms with van der Waals surface area (Å²) in [5.74, 6) is 1.85. The first kappa shape index (κ1) is 27.5. The smallest absolute Gasteiger partial charge is 0.164 e. The molecule has 49 heavy (non-hydrogen) atoms. The number of fused-ring (bicyclic) bond motifs is 7. The first-order chi connectivity index (χ1) is 24.2. The molecule has 0 fully saturated rings. The highest BCUT2D eigenvalue weighted by Gasteiger charge is 2.20. The third-order valence-electron chi connectivity index (χ3n) is 9.46. The molecular weight excluding hydrogens is 599 g/mol. The van der Waals surface area contributed by atoms with Gasteiger partial charge in [0, 0.05) is 32.8 Å². The van der Waals surface area contributed by atoms with Crippen molar-refractivity contribution in [3.63, 3.8) is 0 Å². The van der Waals surface area contributed by atoms with Gasteiger partial charge in [-0.3, -0.25) is 0 Å². The van der Waals surface area contributed by atoms with Gasteiger partial charge in [-0.1, -0.05) is 127 Å². The second-order valence-electron chi connectivity index (χ2n) is 12.5. The van der Waals surface area contributed by atoms with Crippen LogP contribution in [0.25, 0.3) is 99.5 Å². The summed E-state index contributed by atoms with van der Waals surface area (Å²) in [6, 6.07) is 57.0. The summed E-state index contributed by atoms with van der Waals surface area (Å²) in [7, 11) is 0. The lowest BCUT2D eigenvalue weighted by atomic mass is 9.95. The zero-order valence-electron chi connectivity index (χ0n) is 26.3. The molecule has 0 unspecified atom stereocenters. The van der Waals surface area contributed by atoms with Crippen LogP contribution in [-0.2, 0) is 0 Å². The van der Waals surface area contributed by atoms with E-state index in [4.69, 9.17) is 19.4 Å². The molecular formula is C45H27N3O. The van der Waals surface area contributed by atoms with Gasteiger partial charge in [0.05, 0.1) is 0 Å². The van der Waals surface area contributed by atoms with Crippen LogP contribution in [0.15, 0.2) is 168 Å². The molecule has 0 N–H and O–H groups in total. The van der Waals surface area contributed by atoms with Gasteiger partial charge < -0.3 is 4.42 Å². The Bertz CT molecular complexity index is 2890. The van der Waals surface area contributed by atoms with Crippen LogP contribution in [0.5, 0.6) is 0 Å². The van der Waals surface area contributed by atoms with Crippen LogP contribution in [0.4, 0.5) is 0 Å². The Kier molecular flexibility index (Phi) is 6.15. The number of benzene rings is 8. The minimum atomic E-state index is 0.603. The molecule has 2 aromatic heterocycles. The Hall–Kier alpha value is -6.65. The number of para-hydroxylation sites is 1. The first-order valence-corrected chi connectivity index (χ1v) is 16.4. The molecule has 0 spiro atoms. The molecule has 0 aliphatic heterocycles. The normalized spacial score (nSPS) is 11.7. The summed E-state index contributed by atoms with van der Waals surface area (Å²) in [6.45, 7) is 0. The van der Waals surface area contributed by atoms with Gasteiger partial charge in [0.1, 0.15) is 11.2 Å². The highest BCUT2D eigenvalue weighted by Crippen LogP contribution is 2.42. The van der Waals surface area contributed by atoms with Crippen molar-refractivity contribution in [1.82, 2.24) is 15.0 Å². The molecule has 0 saturated heterocycles. The average molecular weight is 626 g/mol. The van der Waals surface area contributed by atoms with E-state index in [9.17, 15) is 0 Å². The molecule has 2 heterocycles. The van der Waals surface area contributed by atoms with Crippen LogP contribution in [0, 0.1) is 0 Å². The standard InChI is InChI=1S/C45H27N3O/c1-2-12-30(13-3-1)43-46-44(35-21-19-29-11-5-7-15-32(29)25-35)48-45(47-43)39-27-36-26-34(33-20-18-28-10-4-6-14-31(28)24-33)22-23-37(36)42-41(39)38-16-8-9-17-40(38)49-42/h1-27H. The number of hydrogen-bond donors (Lipinski definition) is 0. The van der Waals surface area contributed by atoms with Crippen LogP contribution < -0.4 is 0 Å². The first-order valence-electron chi connectivity index (χ1n) is 16.4. The summed E-state index contributed by atoms with van der Waals surface area (Å²) in [4.78, 5) is 15.4. The zero-order chi connectivity index (χ0) is 32.3. The third-order valence-corrected chi connectivity index (χ3v) is 9.46. The lowest BCUT2D eigenvalue weighted by molar-refractivity contribution is 0.672. The lowest BCUT2D eigenvalue weighted by Gasteiger charge is -2.12. The highest BCUT2D eigenvalue weighted by molar-refractivity contribution is 6.21. The van der Waals surface area contributed by atoms with E-state index in [-0.39, 0.29) is 0 Å². The number of aromatic nitrogens is 3. The van der Waals surface area contributed by atoms with Crippen molar-refractivity contribution in [3.05, 3.63) is 164 Å². The molecule has 0 radical (unpaired) electrons. The van der Waals surface area contributed by atoms with E-state index in [1.54, 1.807) is 0 Å². The van der Waals surface area contributed by atoms with E-state index >= 15 is 0 Å². The van der Waals surface area contributed by atoms with Crippen molar-refractivity contribution in [2.75, 3.05) is 0 Å². The van der Waals surface area contributed by atoms with E-state index in [0.717, 1.165) is 65.9 Å². The van der Waals surface area contributed by atoms with Crippen LogP contribution >= 0.6 is 0 Å². The quantitative estimate of drug-likeness (QED) is 0.195. The van der Waals surface area contributed by atoms with Gasteiger partial charge in [-0.2, -0.15) is 0 Å². The molecule has 8 aromatic carbocycles. The molecule has 4 nitrogen and oxygen atoms in total. The fraction of sp³-hybridized carbons (Fsp3) is 0. The second kappa shape index (κ2) is 11.0. The summed E-state index contributed by atoms with van der Waals surface area (Å²) in [5.41, 5.74) is 6.73. The van der Waals surface area contributed by atoms with Crippen molar-refractivity contribution in [2.45, 2.75) is 0 Å². The van der Waals surface area contributed by atoms with Crippen molar-refractivity contribution >= 4 is 54.3 Å². The summed E-state index contributed by atoms with van der Waals surface area (Å²) in [5, 5.41) is 8.88. The van der Waals surface area contributed by atoms with Crippen LogP contribution in [0.3, 0.4) is 0 Å². The molecule has 10 aromatic rings. The second-order valence-corrected chi connectivity index (χ2v) is 12.5. The third kappa shape index (κ3) is 4.65. The molecule has 0 amide bonds. The van der Waals surface area contributed by atoms with Gasteiger partial charge >= 0.3 is 0 Å². The Labute approximate surface area is 282 Å². The van der Waals surface area contributed by atoms with E-state index < -0.39 is 0 Å². The Balaban J connectivity index is 1.25. The molecule has 0 bridgehead atoms. The monoisotopic (exact) mass is 625 g/mol. The summed E-state index contributed by atoms with van der Waals surface area (Å²) < 4.78 is 6.64. The Morgan fingerprint density at radius 3 is 1.65 bits per heavy atom. The topological polar surface area (TPSA) is 51.8 Å². The zero-order valence-corrected chi connectivity index (χ0v) is 26.3. The van der Waals surface area contributed by atoms with Crippen LogP contribution in [-0.4, -0.2) is 15.0 Å². The van der Waals surface area contributed by atoms with Gasteiger partial charge in [0.15, 0.2) is 17.5 Å². The highest BCUT2D eigenvalue weighted by atomic mass is 16.3. The number of nitrogens with zero attached hydrogens (tertiary/aromatic N) is 3. The van der Waals surface area contributed by atoms with Crippen LogP contribution in [0.1, 0.15) is 0 Å². The molecule has 4 heteroatoms. The molecule has 0 atom stereocenters. The van der Waals surface area contributed by atoms with Gasteiger partial charge in [0.2, 0.25) is 0 Å². The van der Waals surface area contributed by atoms with Crippen molar-refractivity contribution in [2.24, 2.45) is 0 Å². The fourth-order valence-corrected chi connectivity index (χ4v) is 7.01. The van der Waals surface area contributed by atoms with Crippen molar-refractivity contribution in [1.29, 1.82) is 0 Å². The maximum atomic E-state index is 6.64. The van der Waals surface area contributed by atoms with Crippen molar-refractivity contribution < 1.29 is 4.42 Å². The predicted molar refractivity (Wildman–Crippen MR) is 201 cm³/mol. The number of furan rings is 1. The van der Waals surface area contributed by atoms with Gasteiger partial charge in [-0.05, 0) is 74.5 Å². The van der Waals surface area contributed by atoms with Crippen molar-refractivity contribution in [3.8, 4) is 45.3 Å². The fourth-order valence-electron chi connectivity index (χ4n) is 7.01. The average Bonchev–Trinajstić information content (AvgIpc) is 3.57. The van der Waals surface area contributed by atoms with Gasteiger partial charge in [-0.15, -0.1) is 0 Å². The minimum absolute atomic E-state index is 0.603. The Morgan fingerprint density at radius 1 is 0.347 bits per heavy atom. The Morgan fingerprint density at radius 2 is 0.898 bits per heavy atom. The lowest BCUT2D eigenvalue weighted by Crippen LogP contribution is -2.00. The SMILES string of the molecule is c1ccc(-c2nc(-c3ccc4ccccc4c3)nc(-c3cc4cc(-c5ccc6ccccc6c5)ccc4c4oc5ccccc5c34)n2)cc1. The molecule has 0 saturated carbocycles. The molecule has 0 aliphatic carbocycles. The number of hydrogen-bond acceptors (Lipinski definition) is 4. The van der Waals surface area contributed by atoms with Crippen LogP contribution in [0.2, 0.25) is 0 Å². The molecule has 228 valence electrons. The molecule has 0 aliphatic rings. The van der Waals surface area contributed by atoms with E-state index in [1.807, 2.05) is 42.5 Å². The predicted octanol–water partition coefficient (Wildman–Crippen LogP) is 11.9. The summed E-state index contributed by atoms with van der Waals surface area (Å²) >= 11 is 0. The van der Waals surface area contributed by atoms with E-state index in [0.29, 0.717) is 17.5 Å². The number of rotatable bonds is 4. The summed E-state index contributed by atoms with van der Waals surface area (Å²) in [6.07, 6.45) is 0. The van der Waals surface area contributed by atoms with Gasteiger partial charge in [-0.25, -0.2) is 15.0 Å². The maximum absolute atomic E-state index is 6.64. The van der Waals surface area contributed by atoms with E-state index in [2.05, 4.69) is 121 Å². The molecule has 10 rings (SSSR count). The van der Waals surface area contributed by atoms with Gasteiger partial charge in [0.25, 0.3) is 0 Å².